The van der Waals surface area contributed by atoms with Gasteiger partial charge in [-0.3, -0.25) is 4.90 Å². The summed E-state index contributed by atoms with van der Waals surface area (Å²) in [6.07, 6.45) is 0. The number of anilines is 2. The Morgan fingerprint density at radius 1 is 1.22 bits per heavy atom. The molecule has 0 amide bonds. The van der Waals surface area contributed by atoms with Crippen LogP contribution in [0.25, 0.3) is 0 Å². The standard InChI is InChI=1S/C12H18F2N4/c1-7-5-18(6-8(2)17(7)3)12-10(14)4-9(13)11(15)16-12/h4,7-8H,5-6H2,1-3H3,(H2,15,16). The number of nitrogens with two attached hydrogens (primary N) is 1. The molecule has 0 saturated carbocycles. The molecule has 2 rings (SSSR count). The number of hydrogen-bond acceptors (Lipinski definition) is 4. The van der Waals surface area contributed by atoms with Crippen LogP contribution in [0.5, 0.6) is 0 Å². The fourth-order valence-corrected chi connectivity index (χ4v) is 2.27. The molecule has 1 saturated heterocycles. The van der Waals surface area contributed by atoms with Gasteiger partial charge < -0.3 is 10.6 Å². The second-order valence-corrected chi connectivity index (χ2v) is 4.93. The second kappa shape index (κ2) is 4.68. The number of pyridine rings is 1. The highest BCUT2D eigenvalue weighted by atomic mass is 19.1. The summed E-state index contributed by atoms with van der Waals surface area (Å²) in [7, 11) is 2.04. The van der Waals surface area contributed by atoms with Gasteiger partial charge in [-0.15, -0.1) is 0 Å². The van der Waals surface area contributed by atoms with Gasteiger partial charge in [-0.2, -0.15) is 0 Å². The first-order valence-electron chi connectivity index (χ1n) is 5.98. The highest BCUT2D eigenvalue weighted by Gasteiger charge is 2.29. The molecular formula is C12H18F2N4. The van der Waals surface area contributed by atoms with Crippen LogP contribution in [0.3, 0.4) is 0 Å². The van der Waals surface area contributed by atoms with Gasteiger partial charge in [0.15, 0.2) is 23.3 Å². The van der Waals surface area contributed by atoms with Gasteiger partial charge in [-0.1, -0.05) is 0 Å². The highest BCUT2D eigenvalue weighted by Crippen LogP contribution is 2.24. The van der Waals surface area contributed by atoms with Crippen molar-refractivity contribution in [1.82, 2.24) is 9.88 Å². The van der Waals surface area contributed by atoms with Crippen molar-refractivity contribution in [3.8, 4) is 0 Å². The van der Waals surface area contributed by atoms with Crippen molar-refractivity contribution in [3.05, 3.63) is 17.7 Å². The van der Waals surface area contributed by atoms with Gasteiger partial charge in [0.05, 0.1) is 0 Å². The summed E-state index contributed by atoms with van der Waals surface area (Å²) in [4.78, 5) is 7.87. The highest BCUT2D eigenvalue weighted by molar-refractivity contribution is 5.47. The third kappa shape index (κ3) is 2.25. The lowest BCUT2D eigenvalue weighted by molar-refractivity contribution is 0.169. The van der Waals surface area contributed by atoms with E-state index in [1.54, 1.807) is 0 Å². The molecule has 0 radical (unpaired) electrons. The first-order chi connectivity index (χ1) is 8.40. The molecule has 4 nitrogen and oxygen atoms in total. The van der Waals surface area contributed by atoms with Crippen molar-refractivity contribution >= 4 is 11.6 Å². The molecule has 1 fully saturated rings. The summed E-state index contributed by atoms with van der Waals surface area (Å²) >= 11 is 0. The van der Waals surface area contributed by atoms with E-state index in [4.69, 9.17) is 5.73 Å². The summed E-state index contributed by atoms with van der Waals surface area (Å²) in [6.45, 7) is 5.42. The predicted octanol–water partition coefficient (Wildman–Crippen LogP) is 1.47. The Morgan fingerprint density at radius 2 is 1.78 bits per heavy atom. The fourth-order valence-electron chi connectivity index (χ4n) is 2.27. The van der Waals surface area contributed by atoms with Gasteiger partial charge in [0, 0.05) is 31.2 Å². The lowest BCUT2D eigenvalue weighted by Gasteiger charge is -2.43. The number of nitrogens with zero attached hydrogens (tertiary/aromatic N) is 3. The number of halogens is 2. The van der Waals surface area contributed by atoms with E-state index in [0.29, 0.717) is 13.1 Å². The molecule has 1 aromatic rings. The molecule has 0 spiro atoms. The van der Waals surface area contributed by atoms with Crippen LogP contribution in [0.15, 0.2) is 6.07 Å². The minimum atomic E-state index is -0.813. The number of rotatable bonds is 1. The molecule has 1 aliphatic heterocycles. The predicted molar refractivity (Wildman–Crippen MR) is 67.5 cm³/mol. The molecule has 6 heteroatoms. The van der Waals surface area contributed by atoms with Crippen molar-refractivity contribution in [2.45, 2.75) is 25.9 Å². The summed E-state index contributed by atoms with van der Waals surface area (Å²) in [5, 5.41) is 0. The van der Waals surface area contributed by atoms with Gasteiger partial charge in [0.2, 0.25) is 0 Å². The van der Waals surface area contributed by atoms with Crippen LogP contribution in [0.2, 0.25) is 0 Å². The normalized spacial score (nSPS) is 25.5. The Hall–Kier alpha value is -1.43. The zero-order valence-corrected chi connectivity index (χ0v) is 10.8. The van der Waals surface area contributed by atoms with Crippen LogP contribution >= 0.6 is 0 Å². The lowest BCUT2D eigenvalue weighted by atomic mass is 10.1. The molecule has 2 unspecified atom stereocenters. The number of nitrogen functional groups attached to an aromatic ring is 1. The van der Waals surface area contributed by atoms with Crippen LogP contribution in [0.4, 0.5) is 20.4 Å². The van der Waals surface area contributed by atoms with Crippen molar-refractivity contribution < 1.29 is 8.78 Å². The second-order valence-electron chi connectivity index (χ2n) is 4.93. The Morgan fingerprint density at radius 3 is 2.33 bits per heavy atom. The molecule has 2 N–H and O–H groups in total. The molecule has 1 aliphatic rings. The molecule has 1 aromatic heterocycles. The van der Waals surface area contributed by atoms with E-state index in [2.05, 4.69) is 23.7 Å². The van der Waals surface area contributed by atoms with Gasteiger partial charge in [0.1, 0.15) is 0 Å². The largest absolute Gasteiger partial charge is 0.381 e. The number of aromatic nitrogens is 1. The zero-order chi connectivity index (χ0) is 13.4. The van der Waals surface area contributed by atoms with E-state index in [1.165, 1.54) is 0 Å². The van der Waals surface area contributed by atoms with E-state index >= 15 is 0 Å². The fraction of sp³-hybridized carbons (Fsp3) is 0.583. The lowest BCUT2D eigenvalue weighted by Crippen LogP contribution is -2.55. The summed E-state index contributed by atoms with van der Waals surface area (Å²) in [6, 6.07) is 1.35. The Balaban J connectivity index is 2.29. The molecular weight excluding hydrogens is 238 g/mol. The maximum atomic E-state index is 13.8. The minimum absolute atomic E-state index is 0.140. The first kappa shape index (κ1) is 13.0. The number of hydrogen-bond donors (Lipinski definition) is 1. The molecule has 0 aromatic carbocycles. The number of piperazine rings is 1. The number of likely N-dealkylation sites (N-methyl/N-ethyl adjacent to an activating group) is 1. The summed E-state index contributed by atoms with van der Waals surface area (Å²) in [5.74, 6) is -1.59. The summed E-state index contributed by atoms with van der Waals surface area (Å²) < 4.78 is 26.8. The third-order valence-corrected chi connectivity index (χ3v) is 3.60. The van der Waals surface area contributed by atoms with E-state index < -0.39 is 11.6 Å². The van der Waals surface area contributed by atoms with Crippen molar-refractivity contribution in [2.24, 2.45) is 0 Å². The summed E-state index contributed by atoms with van der Waals surface area (Å²) in [5.41, 5.74) is 5.40. The van der Waals surface area contributed by atoms with Crippen molar-refractivity contribution in [3.63, 3.8) is 0 Å². The molecule has 18 heavy (non-hydrogen) atoms. The maximum absolute atomic E-state index is 13.8. The zero-order valence-electron chi connectivity index (χ0n) is 10.8. The van der Waals surface area contributed by atoms with Gasteiger partial charge in [0.25, 0.3) is 0 Å². The molecule has 2 atom stereocenters. The van der Waals surface area contributed by atoms with Gasteiger partial charge in [-0.05, 0) is 20.9 Å². The molecule has 0 bridgehead atoms. The smallest absolute Gasteiger partial charge is 0.168 e. The third-order valence-electron chi connectivity index (χ3n) is 3.60. The van der Waals surface area contributed by atoms with Crippen LogP contribution in [-0.2, 0) is 0 Å². The SMILES string of the molecule is CC1CN(c2nc(N)c(F)cc2F)CC(C)N1C. The van der Waals surface area contributed by atoms with Crippen LogP contribution in [-0.4, -0.2) is 42.1 Å². The van der Waals surface area contributed by atoms with Gasteiger partial charge in [-0.25, -0.2) is 13.8 Å². The first-order valence-corrected chi connectivity index (χ1v) is 5.98. The van der Waals surface area contributed by atoms with Gasteiger partial charge >= 0.3 is 0 Å². The molecule has 0 aliphatic carbocycles. The average molecular weight is 256 g/mol. The van der Waals surface area contributed by atoms with E-state index in [0.717, 1.165) is 6.07 Å². The molecule has 2 heterocycles. The van der Waals surface area contributed by atoms with E-state index in [-0.39, 0.29) is 23.7 Å². The van der Waals surface area contributed by atoms with E-state index in [1.807, 2.05) is 11.9 Å². The topological polar surface area (TPSA) is 45.4 Å². The molecule has 100 valence electrons. The van der Waals surface area contributed by atoms with Crippen LogP contribution in [0.1, 0.15) is 13.8 Å². The van der Waals surface area contributed by atoms with E-state index in [9.17, 15) is 8.78 Å². The maximum Gasteiger partial charge on any atom is 0.168 e. The monoisotopic (exact) mass is 256 g/mol. The van der Waals surface area contributed by atoms with Crippen molar-refractivity contribution in [2.75, 3.05) is 30.8 Å². The van der Waals surface area contributed by atoms with Crippen LogP contribution < -0.4 is 10.6 Å². The Labute approximate surface area is 105 Å². The Bertz CT molecular complexity index is 440. The minimum Gasteiger partial charge on any atom is -0.381 e. The Kier molecular flexibility index (Phi) is 3.38. The average Bonchev–Trinajstić information content (AvgIpc) is 2.30. The van der Waals surface area contributed by atoms with Crippen LogP contribution in [0, 0.1) is 11.6 Å². The quantitative estimate of drug-likeness (QED) is 0.826. The van der Waals surface area contributed by atoms with Crippen molar-refractivity contribution in [1.29, 1.82) is 0 Å².